The maximum atomic E-state index is 13.5. The molecule has 4 heterocycles. The number of nitrogens with one attached hydrogen (secondary N) is 2. The number of anilines is 1. The normalized spacial score (nSPS) is 18.0. The summed E-state index contributed by atoms with van der Waals surface area (Å²) in [5.41, 5.74) is 6.95. The number of aromatic amines is 1. The molecule has 1 unspecified atom stereocenters. The molecule has 0 aliphatic carbocycles. The highest BCUT2D eigenvalue weighted by atomic mass is 32.2. The van der Waals surface area contributed by atoms with Crippen molar-refractivity contribution in [2.45, 2.75) is 51.8 Å². The van der Waals surface area contributed by atoms with Crippen molar-refractivity contribution in [3.8, 4) is 5.75 Å². The number of aliphatic imine (C=N–C) groups is 1. The lowest BCUT2D eigenvalue weighted by Crippen LogP contribution is -2.45. The molecule has 0 spiro atoms. The fraction of sp³-hybridized carbons (Fsp3) is 0.441. The van der Waals surface area contributed by atoms with Crippen LogP contribution in [0.4, 0.5) is 11.4 Å². The summed E-state index contributed by atoms with van der Waals surface area (Å²) in [5, 5.41) is 13.8. The molecule has 1 amide bonds. The van der Waals surface area contributed by atoms with Gasteiger partial charge in [0.05, 0.1) is 22.6 Å². The average molecular weight is 632 g/mol. The van der Waals surface area contributed by atoms with Crippen LogP contribution in [0.15, 0.2) is 52.4 Å². The van der Waals surface area contributed by atoms with Crippen molar-refractivity contribution in [3.63, 3.8) is 0 Å². The Morgan fingerprint density at radius 2 is 1.93 bits per heavy atom. The number of piperidine rings is 1. The highest BCUT2D eigenvalue weighted by Gasteiger charge is 2.36. The lowest BCUT2D eigenvalue weighted by molar-refractivity contribution is 0.0603. The number of rotatable bonds is 11. The summed E-state index contributed by atoms with van der Waals surface area (Å²) in [7, 11) is -0.794. The van der Waals surface area contributed by atoms with Crippen LogP contribution in [0.2, 0.25) is 0 Å². The van der Waals surface area contributed by atoms with Gasteiger partial charge < -0.3 is 29.9 Å². The van der Waals surface area contributed by atoms with Gasteiger partial charge in [-0.1, -0.05) is 17.7 Å². The maximum absolute atomic E-state index is 13.5. The van der Waals surface area contributed by atoms with Crippen LogP contribution < -0.4 is 15.6 Å². The fourth-order valence-electron chi connectivity index (χ4n) is 6.53. The molecule has 2 aromatic carbocycles. The van der Waals surface area contributed by atoms with Gasteiger partial charge >= 0.3 is 0 Å². The molecule has 1 fully saturated rings. The van der Waals surface area contributed by atoms with E-state index in [1.54, 1.807) is 18.5 Å². The first-order chi connectivity index (χ1) is 21.7. The van der Waals surface area contributed by atoms with Crippen molar-refractivity contribution in [1.82, 2.24) is 14.8 Å². The number of aliphatic hydroxyl groups excluding tert-OH is 1. The third kappa shape index (κ3) is 6.90. The minimum atomic E-state index is -0.799. The Bertz CT molecular complexity index is 1710. The van der Waals surface area contributed by atoms with Crippen molar-refractivity contribution < 1.29 is 18.8 Å². The summed E-state index contributed by atoms with van der Waals surface area (Å²) in [4.78, 5) is 38.5. The second kappa shape index (κ2) is 13.3. The van der Waals surface area contributed by atoms with Gasteiger partial charge in [-0.05, 0) is 67.6 Å². The molecule has 10 nitrogen and oxygen atoms in total. The minimum Gasteiger partial charge on any atom is -0.491 e. The third-order valence-corrected chi connectivity index (χ3v) is 9.74. The van der Waals surface area contributed by atoms with Gasteiger partial charge in [-0.3, -0.25) is 18.8 Å². The average Bonchev–Trinajstić information content (AvgIpc) is 3.57. The van der Waals surface area contributed by atoms with Crippen LogP contribution in [0.3, 0.4) is 0 Å². The number of carbonyl (C=O) groups excluding carboxylic acids is 1. The van der Waals surface area contributed by atoms with E-state index in [0.29, 0.717) is 35.7 Å². The van der Waals surface area contributed by atoms with Crippen molar-refractivity contribution in [1.29, 1.82) is 0 Å². The van der Waals surface area contributed by atoms with E-state index in [9.17, 15) is 18.9 Å². The van der Waals surface area contributed by atoms with Crippen LogP contribution in [0.5, 0.6) is 5.75 Å². The number of aromatic nitrogens is 1. The summed E-state index contributed by atoms with van der Waals surface area (Å²) in [5.74, 6) is 1.48. The van der Waals surface area contributed by atoms with E-state index in [-0.39, 0.29) is 30.7 Å². The second-order valence-electron chi connectivity index (χ2n) is 12.4. The van der Waals surface area contributed by atoms with Crippen molar-refractivity contribution in [2.75, 3.05) is 50.1 Å². The first kappa shape index (κ1) is 31.2. The number of ether oxygens (including phenoxy) is 1. The number of benzene rings is 2. The summed E-state index contributed by atoms with van der Waals surface area (Å²) in [6.45, 7) is 7.51. The maximum Gasteiger partial charge on any atom is 0.259 e. The number of pyridine rings is 1. The lowest BCUT2D eigenvalue weighted by Gasteiger charge is -2.36. The number of hydrogen-bond donors (Lipinski definition) is 3. The van der Waals surface area contributed by atoms with Crippen LogP contribution >= 0.6 is 0 Å². The molecule has 6 rings (SSSR count). The van der Waals surface area contributed by atoms with Gasteiger partial charge in [-0.15, -0.1) is 0 Å². The van der Waals surface area contributed by atoms with E-state index < -0.39 is 16.9 Å². The molecule has 238 valence electrons. The van der Waals surface area contributed by atoms with E-state index >= 15 is 0 Å². The predicted molar refractivity (Wildman–Crippen MR) is 178 cm³/mol. The van der Waals surface area contributed by atoms with Crippen LogP contribution in [-0.2, 0) is 23.8 Å². The van der Waals surface area contributed by atoms with Crippen LogP contribution in [-0.4, -0.2) is 92.7 Å². The molecule has 3 aromatic rings. The molecule has 0 saturated carbocycles. The van der Waals surface area contributed by atoms with Gasteiger partial charge in [0.25, 0.3) is 11.5 Å². The molecule has 3 aliphatic rings. The van der Waals surface area contributed by atoms with Crippen molar-refractivity contribution in [2.24, 2.45) is 4.99 Å². The van der Waals surface area contributed by atoms with Crippen LogP contribution in [0.1, 0.15) is 51.0 Å². The summed E-state index contributed by atoms with van der Waals surface area (Å²) < 4.78 is 17.3. The Kier molecular flexibility index (Phi) is 9.21. The topological polar surface area (TPSA) is 127 Å². The van der Waals surface area contributed by atoms with Gasteiger partial charge in [-0.25, -0.2) is 0 Å². The minimum absolute atomic E-state index is 0.0614. The zero-order valence-electron chi connectivity index (χ0n) is 26.1. The predicted octanol–water partition coefficient (Wildman–Crippen LogP) is 3.32. The summed E-state index contributed by atoms with van der Waals surface area (Å²) in [6.07, 6.45) is 4.78. The number of fused-ring (bicyclic) bond motifs is 2. The van der Waals surface area contributed by atoms with Gasteiger partial charge in [-0.2, -0.15) is 0 Å². The van der Waals surface area contributed by atoms with Crippen molar-refractivity contribution >= 4 is 33.8 Å². The molecule has 2 atom stereocenters. The van der Waals surface area contributed by atoms with Gasteiger partial charge in [0.15, 0.2) is 0 Å². The van der Waals surface area contributed by atoms with Crippen LogP contribution in [0.25, 0.3) is 0 Å². The number of carbonyl (C=O) groups is 1. The Morgan fingerprint density at radius 3 is 2.69 bits per heavy atom. The first-order valence-electron chi connectivity index (χ1n) is 15.6. The molecular formula is C34H41N5O5S. The number of aryl methyl sites for hydroxylation is 2. The Balaban J connectivity index is 1.10. The Hall–Kier alpha value is -3.80. The number of aliphatic hydroxyl groups is 1. The molecule has 3 N–H and O–H groups in total. The Labute approximate surface area is 266 Å². The SMILES string of the molecule is Cc1ccc(OC[C@H](O)CNc2cc[nH]c(=O)c2C2=Nc3cc4c(cc3C2)C(=O)N(C2CCN(CCS(C)=O)CC2)C4)c(C)c1. The molecule has 3 aliphatic heterocycles. The number of H-pyrrole nitrogens is 1. The highest BCUT2D eigenvalue weighted by Crippen LogP contribution is 2.37. The van der Waals surface area contributed by atoms with E-state index in [1.165, 1.54) is 0 Å². The van der Waals surface area contributed by atoms with E-state index in [0.717, 1.165) is 71.7 Å². The zero-order chi connectivity index (χ0) is 31.7. The fourth-order valence-corrected chi connectivity index (χ4v) is 7.04. The molecule has 1 aromatic heterocycles. The van der Waals surface area contributed by atoms with Gasteiger partial charge in [0, 0.05) is 79.8 Å². The standard InChI is InChI=1S/C34H41N5O5S/c1-21-4-5-31(22(2)14-21)44-20-26(40)18-36-28-6-9-35-33(41)32(28)30-16-23-15-27-24(17-29(23)37-30)19-39(34(27)42)25-7-10-38(11-8-25)12-13-45(3)43/h4-6,9,14-15,17,25-26,40H,7-8,10-13,16,18-20H2,1-3H3,(H2,35,36,41)/t26-,45?/m1/s1. The molecule has 0 bridgehead atoms. The highest BCUT2D eigenvalue weighted by molar-refractivity contribution is 7.84. The number of nitrogens with zero attached hydrogens (tertiary/aromatic N) is 3. The summed E-state index contributed by atoms with van der Waals surface area (Å²) >= 11 is 0. The smallest absolute Gasteiger partial charge is 0.259 e. The van der Waals surface area contributed by atoms with E-state index in [1.807, 2.05) is 49.1 Å². The number of likely N-dealkylation sites (tertiary alicyclic amines) is 1. The quantitative estimate of drug-likeness (QED) is 0.296. The zero-order valence-corrected chi connectivity index (χ0v) is 26.9. The molecule has 0 radical (unpaired) electrons. The Morgan fingerprint density at radius 1 is 1.13 bits per heavy atom. The monoisotopic (exact) mass is 631 g/mol. The van der Waals surface area contributed by atoms with E-state index in [2.05, 4.69) is 15.2 Å². The largest absolute Gasteiger partial charge is 0.491 e. The van der Waals surface area contributed by atoms with Crippen LogP contribution in [0, 0.1) is 13.8 Å². The second-order valence-corrected chi connectivity index (χ2v) is 13.9. The van der Waals surface area contributed by atoms with Gasteiger partial charge in [0.2, 0.25) is 0 Å². The lowest BCUT2D eigenvalue weighted by atomic mass is 10.00. The third-order valence-electron chi connectivity index (χ3n) is 8.98. The molecule has 11 heteroatoms. The first-order valence-corrected chi connectivity index (χ1v) is 17.3. The summed E-state index contributed by atoms with van der Waals surface area (Å²) in [6, 6.07) is 11.8. The molecule has 1 saturated heterocycles. The van der Waals surface area contributed by atoms with E-state index in [4.69, 9.17) is 9.73 Å². The number of hydrogen-bond acceptors (Lipinski definition) is 8. The molecule has 45 heavy (non-hydrogen) atoms. The molecular weight excluding hydrogens is 590 g/mol. The van der Waals surface area contributed by atoms with Crippen molar-refractivity contribution in [3.05, 3.63) is 86.3 Å². The van der Waals surface area contributed by atoms with Gasteiger partial charge in [0.1, 0.15) is 18.5 Å². The number of amides is 1.